The number of hydrogen-bond donors (Lipinski definition) is 2. The molecule has 0 saturated carbocycles. The second kappa shape index (κ2) is 5.24. The second-order valence-corrected chi connectivity index (χ2v) is 3.33. The molecule has 0 aliphatic rings. The Labute approximate surface area is 102 Å². The molecule has 10 heteroatoms. The van der Waals surface area contributed by atoms with Crippen molar-refractivity contribution < 1.29 is 36.6 Å². The van der Waals surface area contributed by atoms with E-state index < -0.39 is 47.9 Å². The van der Waals surface area contributed by atoms with Crippen molar-refractivity contribution in [2.24, 2.45) is 0 Å². The highest BCUT2D eigenvalue weighted by molar-refractivity contribution is 5.75. The van der Waals surface area contributed by atoms with Crippen LogP contribution in [0.2, 0.25) is 0 Å². The average Bonchev–Trinajstić information content (AvgIpc) is 2.20. The van der Waals surface area contributed by atoms with Crippen LogP contribution in [0.1, 0.15) is 17.6 Å². The molecule has 5 nitrogen and oxygen atoms in total. The van der Waals surface area contributed by atoms with Gasteiger partial charge in [-0.1, -0.05) is 0 Å². The molecule has 106 valence electrons. The molecule has 0 aliphatic carbocycles. The fourth-order valence-corrected chi connectivity index (χ4v) is 1.26. The number of carboxylic acids is 1. The zero-order valence-electron chi connectivity index (χ0n) is 9.04. The van der Waals surface area contributed by atoms with Gasteiger partial charge in [-0.15, -0.1) is 13.2 Å². The Balaban J connectivity index is 3.31. The van der Waals surface area contributed by atoms with Crippen LogP contribution in [0.5, 0.6) is 5.88 Å². The van der Waals surface area contributed by atoms with Crippen molar-refractivity contribution in [1.29, 1.82) is 0 Å². The highest BCUT2D eigenvalue weighted by Gasteiger charge is 2.34. The smallest absolute Gasteiger partial charge is 0.481 e. The maximum absolute atomic E-state index is 12.5. The number of nitrogens with two attached hydrogens (primary N) is 1. The van der Waals surface area contributed by atoms with E-state index in [1.54, 1.807) is 0 Å². The van der Waals surface area contributed by atoms with E-state index in [1.165, 1.54) is 0 Å². The summed E-state index contributed by atoms with van der Waals surface area (Å²) in [5.41, 5.74) is 2.83. The summed E-state index contributed by atoms with van der Waals surface area (Å²) in [4.78, 5) is 13.5. The minimum atomic E-state index is -5.14. The van der Waals surface area contributed by atoms with E-state index >= 15 is 0 Å². The number of halogens is 5. The first-order valence-corrected chi connectivity index (χ1v) is 4.64. The van der Waals surface area contributed by atoms with Gasteiger partial charge in [-0.25, -0.2) is 13.8 Å². The van der Waals surface area contributed by atoms with E-state index in [0.29, 0.717) is 6.20 Å². The van der Waals surface area contributed by atoms with Gasteiger partial charge in [0.15, 0.2) is 0 Å². The predicted molar refractivity (Wildman–Crippen MR) is 51.6 cm³/mol. The van der Waals surface area contributed by atoms with Crippen molar-refractivity contribution >= 4 is 11.7 Å². The van der Waals surface area contributed by atoms with Crippen LogP contribution in [0.15, 0.2) is 6.20 Å². The van der Waals surface area contributed by atoms with Crippen LogP contribution in [0.25, 0.3) is 0 Å². The average molecular weight is 286 g/mol. The SMILES string of the molecule is Nc1c(C(F)F)cnc(OC(F)(F)F)c1CC(=O)O. The molecule has 0 amide bonds. The lowest BCUT2D eigenvalue weighted by molar-refractivity contribution is -0.276. The van der Waals surface area contributed by atoms with E-state index in [-0.39, 0.29) is 0 Å². The lowest BCUT2D eigenvalue weighted by atomic mass is 10.1. The number of aromatic nitrogens is 1. The van der Waals surface area contributed by atoms with Gasteiger partial charge in [0.05, 0.1) is 17.7 Å². The molecular formula is C9H7F5N2O3. The number of nitrogen functional groups attached to an aromatic ring is 1. The van der Waals surface area contributed by atoms with E-state index in [1.807, 2.05) is 0 Å². The Kier molecular flexibility index (Phi) is 4.12. The zero-order chi connectivity index (χ0) is 14.8. The van der Waals surface area contributed by atoms with Crippen LogP contribution in [-0.2, 0) is 11.2 Å². The molecule has 0 bridgehead atoms. The van der Waals surface area contributed by atoms with Crippen molar-refractivity contribution in [3.05, 3.63) is 17.3 Å². The number of ether oxygens (including phenoxy) is 1. The van der Waals surface area contributed by atoms with Gasteiger partial charge in [-0.05, 0) is 0 Å². The van der Waals surface area contributed by atoms with Crippen molar-refractivity contribution in [3.8, 4) is 5.88 Å². The van der Waals surface area contributed by atoms with Crippen LogP contribution < -0.4 is 10.5 Å². The molecule has 0 fully saturated rings. The third-order valence-electron chi connectivity index (χ3n) is 1.99. The maximum Gasteiger partial charge on any atom is 0.574 e. The number of hydrogen-bond acceptors (Lipinski definition) is 4. The van der Waals surface area contributed by atoms with E-state index in [2.05, 4.69) is 9.72 Å². The highest BCUT2D eigenvalue weighted by Crippen LogP contribution is 2.34. The molecule has 0 unspecified atom stereocenters. The quantitative estimate of drug-likeness (QED) is 0.828. The molecule has 0 spiro atoms. The molecule has 0 atom stereocenters. The third-order valence-corrected chi connectivity index (χ3v) is 1.99. The van der Waals surface area contributed by atoms with Crippen molar-refractivity contribution in [2.75, 3.05) is 5.73 Å². The van der Waals surface area contributed by atoms with Crippen LogP contribution in [0.4, 0.5) is 27.6 Å². The lowest BCUT2D eigenvalue weighted by Gasteiger charge is -2.15. The summed E-state index contributed by atoms with van der Waals surface area (Å²) in [5.74, 6) is -2.72. The van der Waals surface area contributed by atoms with Crippen LogP contribution in [0.3, 0.4) is 0 Å². The van der Waals surface area contributed by atoms with Crippen molar-refractivity contribution in [3.63, 3.8) is 0 Å². The Morgan fingerprint density at radius 2 is 2.05 bits per heavy atom. The number of anilines is 1. The Hall–Kier alpha value is -2.13. The molecule has 1 rings (SSSR count). The Morgan fingerprint density at radius 3 is 2.47 bits per heavy atom. The van der Waals surface area contributed by atoms with Gasteiger partial charge in [0.1, 0.15) is 0 Å². The molecule has 3 N–H and O–H groups in total. The zero-order valence-corrected chi connectivity index (χ0v) is 9.04. The normalized spacial score (nSPS) is 11.7. The topological polar surface area (TPSA) is 85.4 Å². The Morgan fingerprint density at radius 1 is 1.47 bits per heavy atom. The number of carboxylic acid groups (broad SMARTS) is 1. The molecule has 1 heterocycles. The fourth-order valence-electron chi connectivity index (χ4n) is 1.26. The number of aliphatic carboxylic acids is 1. The summed E-state index contributed by atoms with van der Waals surface area (Å²) >= 11 is 0. The second-order valence-electron chi connectivity index (χ2n) is 3.33. The van der Waals surface area contributed by atoms with Crippen LogP contribution in [-0.4, -0.2) is 22.4 Å². The van der Waals surface area contributed by atoms with Crippen molar-refractivity contribution in [1.82, 2.24) is 4.98 Å². The predicted octanol–water partition coefficient (Wildman–Crippen LogP) is 2.13. The van der Waals surface area contributed by atoms with Gasteiger partial charge in [-0.3, -0.25) is 4.79 Å². The fraction of sp³-hybridized carbons (Fsp3) is 0.333. The molecule has 0 saturated heterocycles. The summed E-state index contributed by atoms with van der Waals surface area (Å²) in [6.45, 7) is 0. The highest BCUT2D eigenvalue weighted by atomic mass is 19.4. The molecule has 0 aromatic carbocycles. The largest absolute Gasteiger partial charge is 0.574 e. The van der Waals surface area contributed by atoms with Gasteiger partial charge in [0.2, 0.25) is 5.88 Å². The van der Waals surface area contributed by atoms with Gasteiger partial charge in [-0.2, -0.15) is 0 Å². The molecule has 0 aliphatic heterocycles. The number of pyridine rings is 1. The molecule has 0 radical (unpaired) electrons. The number of alkyl halides is 5. The summed E-state index contributed by atoms with van der Waals surface area (Å²) in [6, 6.07) is 0. The van der Waals surface area contributed by atoms with E-state index in [0.717, 1.165) is 0 Å². The number of carbonyl (C=O) groups is 1. The van der Waals surface area contributed by atoms with Crippen molar-refractivity contribution in [2.45, 2.75) is 19.2 Å². The maximum atomic E-state index is 12.5. The number of nitrogens with zero attached hydrogens (tertiary/aromatic N) is 1. The third kappa shape index (κ3) is 3.93. The van der Waals surface area contributed by atoms with E-state index in [4.69, 9.17) is 10.8 Å². The van der Waals surface area contributed by atoms with E-state index in [9.17, 15) is 26.7 Å². The van der Waals surface area contributed by atoms with Crippen LogP contribution >= 0.6 is 0 Å². The molecule has 19 heavy (non-hydrogen) atoms. The summed E-state index contributed by atoms with van der Waals surface area (Å²) in [5, 5.41) is 8.54. The van der Waals surface area contributed by atoms with Gasteiger partial charge in [0.25, 0.3) is 6.43 Å². The molecule has 1 aromatic rings. The molecule has 1 aromatic heterocycles. The first-order chi connectivity index (χ1) is 8.61. The minimum absolute atomic E-state index is 0.409. The lowest BCUT2D eigenvalue weighted by Crippen LogP contribution is -2.20. The van der Waals surface area contributed by atoms with Gasteiger partial charge >= 0.3 is 12.3 Å². The van der Waals surface area contributed by atoms with Gasteiger partial charge in [0, 0.05) is 11.8 Å². The monoisotopic (exact) mass is 286 g/mol. The summed E-state index contributed by atoms with van der Waals surface area (Å²) in [7, 11) is 0. The molecular weight excluding hydrogens is 279 g/mol. The summed E-state index contributed by atoms with van der Waals surface area (Å²) < 4.78 is 64.6. The van der Waals surface area contributed by atoms with Gasteiger partial charge < -0.3 is 15.6 Å². The van der Waals surface area contributed by atoms with Crippen LogP contribution in [0, 0.1) is 0 Å². The summed E-state index contributed by atoms with van der Waals surface area (Å²) in [6.07, 6.45) is -8.85. The first-order valence-electron chi connectivity index (χ1n) is 4.64. The number of rotatable bonds is 4. The Bertz CT molecular complexity index is 489. The first kappa shape index (κ1) is 14.9. The minimum Gasteiger partial charge on any atom is -0.481 e. The standard InChI is InChI=1S/C9H7F5N2O3/c10-7(11)4-2-16-8(19-9(12,13)14)3(6(4)15)1-5(17)18/h2,7H,1H2,(H2,15,16)(H,17,18).